The summed E-state index contributed by atoms with van der Waals surface area (Å²) in [5.74, 6) is -2.97. The number of aromatic carboxylic acids is 1. The average Bonchev–Trinajstić information content (AvgIpc) is 2.91. The number of benzene rings is 2. The molecule has 0 saturated heterocycles. The summed E-state index contributed by atoms with van der Waals surface area (Å²) in [6.45, 7) is 0. The Morgan fingerprint density at radius 1 is 1.07 bits per heavy atom. The predicted molar refractivity (Wildman–Crippen MR) is 93.0 cm³/mol. The Bertz CT molecular complexity index is 904. The summed E-state index contributed by atoms with van der Waals surface area (Å²) in [6, 6.07) is 11.1. The van der Waals surface area contributed by atoms with Crippen molar-refractivity contribution in [3.8, 4) is 0 Å². The molecule has 1 aliphatic rings. The maximum atomic E-state index is 12.7. The highest BCUT2D eigenvalue weighted by atomic mass is 16.6. The highest BCUT2D eigenvalue weighted by Crippen LogP contribution is 2.26. The normalized spacial score (nSPS) is 14.0. The summed E-state index contributed by atoms with van der Waals surface area (Å²) in [4.78, 5) is 54.6. The number of amides is 3. The topological polar surface area (TPSA) is 113 Å². The molecule has 0 radical (unpaired) electrons. The molecule has 0 aromatic heterocycles. The Morgan fingerprint density at radius 3 is 2.26 bits per heavy atom. The quantitative estimate of drug-likeness (QED) is 0.586. The highest BCUT2D eigenvalue weighted by molar-refractivity contribution is 6.22. The van der Waals surface area contributed by atoms with Crippen LogP contribution in [0.25, 0.3) is 0 Å². The number of rotatable bonds is 6. The van der Waals surface area contributed by atoms with Gasteiger partial charge >= 0.3 is 5.97 Å². The van der Waals surface area contributed by atoms with Crippen molar-refractivity contribution in [3.63, 3.8) is 0 Å². The van der Waals surface area contributed by atoms with Crippen molar-refractivity contribution in [3.05, 3.63) is 70.8 Å². The third-order valence-electron chi connectivity index (χ3n) is 4.25. The Hall–Kier alpha value is -3.52. The molecule has 2 aromatic rings. The number of hydrogen-bond donors (Lipinski definition) is 2. The van der Waals surface area contributed by atoms with Crippen molar-refractivity contribution in [1.82, 2.24) is 10.4 Å². The van der Waals surface area contributed by atoms with Gasteiger partial charge in [0.15, 0.2) is 0 Å². The van der Waals surface area contributed by atoms with Gasteiger partial charge in [-0.1, -0.05) is 24.3 Å². The van der Waals surface area contributed by atoms with E-state index in [4.69, 9.17) is 5.11 Å². The third-order valence-corrected chi connectivity index (χ3v) is 4.25. The second-order valence-corrected chi connectivity index (χ2v) is 5.92. The molecule has 0 bridgehead atoms. The SMILES string of the molecule is CONC(=O)C(Cc1cccc(C(=O)O)c1)N1C(=O)c2ccccc2C1=O. The predicted octanol–water partition coefficient (Wildman–Crippen LogP) is 1.27. The van der Waals surface area contributed by atoms with Crippen LogP contribution in [-0.4, -0.2) is 46.8 Å². The fourth-order valence-electron chi connectivity index (χ4n) is 3.02. The van der Waals surface area contributed by atoms with Crippen LogP contribution in [0, 0.1) is 0 Å². The zero-order valence-corrected chi connectivity index (χ0v) is 14.3. The van der Waals surface area contributed by atoms with Crippen LogP contribution >= 0.6 is 0 Å². The highest BCUT2D eigenvalue weighted by Gasteiger charge is 2.42. The summed E-state index contributed by atoms with van der Waals surface area (Å²) in [5.41, 5.74) is 3.12. The van der Waals surface area contributed by atoms with Gasteiger partial charge in [0.1, 0.15) is 6.04 Å². The Kier molecular flexibility index (Phi) is 5.00. The maximum absolute atomic E-state index is 12.7. The van der Waals surface area contributed by atoms with Crippen molar-refractivity contribution in [2.45, 2.75) is 12.5 Å². The van der Waals surface area contributed by atoms with E-state index in [1.54, 1.807) is 18.2 Å². The number of fused-ring (bicyclic) bond motifs is 1. The van der Waals surface area contributed by atoms with Crippen LogP contribution in [0.2, 0.25) is 0 Å². The molecule has 0 fully saturated rings. The molecule has 3 rings (SSSR count). The van der Waals surface area contributed by atoms with Crippen molar-refractivity contribution >= 4 is 23.7 Å². The van der Waals surface area contributed by atoms with E-state index in [9.17, 15) is 19.2 Å². The Balaban J connectivity index is 1.97. The Labute approximate surface area is 154 Å². The van der Waals surface area contributed by atoms with E-state index in [1.807, 2.05) is 0 Å². The molecule has 1 atom stereocenters. The van der Waals surface area contributed by atoms with Gasteiger partial charge in [-0.25, -0.2) is 10.3 Å². The number of carboxylic acids is 1. The van der Waals surface area contributed by atoms with Crippen LogP contribution < -0.4 is 5.48 Å². The first-order chi connectivity index (χ1) is 12.9. The van der Waals surface area contributed by atoms with E-state index in [2.05, 4.69) is 10.3 Å². The van der Waals surface area contributed by atoms with E-state index in [0.717, 1.165) is 4.90 Å². The zero-order valence-electron chi connectivity index (χ0n) is 14.3. The van der Waals surface area contributed by atoms with Gasteiger partial charge in [0, 0.05) is 6.42 Å². The minimum Gasteiger partial charge on any atom is -0.478 e. The molecule has 138 valence electrons. The van der Waals surface area contributed by atoms with Crippen molar-refractivity contribution < 1.29 is 29.1 Å². The van der Waals surface area contributed by atoms with Gasteiger partial charge in [-0.3, -0.25) is 24.1 Å². The largest absolute Gasteiger partial charge is 0.478 e. The van der Waals surface area contributed by atoms with Gasteiger partial charge in [0.05, 0.1) is 23.8 Å². The van der Waals surface area contributed by atoms with Crippen LogP contribution in [0.4, 0.5) is 0 Å². The minimum absolute atomic E-state index is 0.0424. The Morgan fingerprint density at radius 2 is 1.70 bits per heavy atom. The average molecular weight is 368 g/mol. The number of imide groups is 1. The van der Waals surface area contributed by atoms with Crippen molar-refractivity contribution in [1.29, 1.82) is 0 Å². The molecule has 0 aliphatic carbocycles. The summed E-state index contributed by atoms with van der Waals surface area (Å²) >= 11 is 0. The van der Waals surface area contributed by atoms with Crippen LogP contribution in [0.15, 0.2) is 48.5 Å². The summed E-state index contributed by atoms with van der Waals surface area (Å²) in [6.07, 6.45) is -0.0538. The number of nitrogens with zero attached hydrogens (tertiary/aromatic N) is 1. The van der Waals surface area contributed by atoms with Gasteiger partial charge in [-0.15, -0.1) is 0 Å². The summed E-state index contributed by atoms with van der Waals surface area (Å²) < 4.78 is 0. The minimum atomic E-state index is -1.19. The number of hydroxylamine groups is 1. The van der Waals surface area contributed by atoms with Gasteiger partial charge in [0.2, 0.25) is 0 Å². The number of hydrogen-bond acceptors (Lipinski definition) is 5. The van der Waals surface area contributed by atoms with Gasteiger partial charge < -0.3 is 5.11 Å². The van der Waals surface area contributed by atoms with Gasteiger partial charge in [-0.2, -0.15) is 0 Å². The monoisotopic (exact) mass is 368 g/mol. The molecule has 27 heavy (non-hydrogen) atoms. The molecular formula is C19H16N2O6. The molecule has 8 nitrogen and oxygen atoms in total. The molecular weight excluding hydrogens is 352 g/mol. The molecule has 8 heteroatoms. The standard InChI is InChI=1S/C19H16N2O6/c1-27-20-16(22)15(10-11-5-4-6-12(9-11)19(25)26)21-17(23)13-7-2-3-8-14(13)18(21)24/h2-9,15H,10H2,1H3,(H,20,22)(H,25,26). The van der Waals surface area contributed by atoms with Crippen molar-refractivity contribution in [2.24, 2.45) is 0 Å². The molecule has 1 unspecified atom stereocenters. The molecule has 2 N–H and O–H groups in total. The number of nitrogens with one attached hydrogen (secondary N) is 1. The third kappa shape index (κ3) is 3.42. The first-order valence-electron chi connectivity index (χ1n) is 8.06. The smallest absolute Gasteiger partial charge is 0.335 e. The second-order valence-electron chi connectivity index (χ2n) is 5.92. The number of carbonyl (C=O) groups is 4. The number of carboxylic acid groups (broad SMARTS) is 1. The summed E-state index contributed by atoms with van der Waals surface area (Å²) in [5, 5.41) is 9.13. The maximum Gasteiger partial charge on any atom is 0.335 e. The molecule has 3 amide bonds. The zero-order chi connectivity index (χ0) is 19.6. The molecule has 1 aliphatic heterocycles. The fraction of sp³-hybridized carbons (Fsp3) is 0.158. The lowest BCUT2D eigenvalue weighted by atomic mass is 10.0. The second kappa shape index (κ2) is 7.38. The lowest BCUT2D eigenvalue weighted by molar-refractivity contribution is -0.135. The van der Waals surface area contributed by atoms with E-state index >= 15 is 0 Å². The summed E-state index contributed by atoms with van der Waals surface area (Å²) in [7, 11) is 1.24. The van der Waals surface area contributed by atoms with E-state index < -0.39 is 29.7 Å². The lowest BCUT2D eigenvalue weighted by Crippen LogP contribution is -2.50. The van der Waals surface area contributed by atoms with Gasteiger partial charge in [-0.05, 0) is 29.8 Å². The van der Waals surface area contributed by atoms with Crippen LogP contribution in [0.1, 0.15) is 36.6 Å². The number of carbonyl (C=O) groups excluding carboxylic acids is 3. The van der Waals surface area contributed by atoms with Crippen LogP contribution in [0.5, 0.6) is 0 Å². The molecule has 1 heterocycles. The van der Waals surface area contributed by atoms with Crippen LogP contribution in [0.3, 0.4) is 0 Å². The van der Waals surface area contributed by atoms with Crippen molar-refractivity contribution in [2.75, 3.05) is 7.11 Å². The van der Waals surface area contributed by atoms with E-state index in [-0.39, 0.29) is 23.1 Å². The fourth-order valence-corrected chi connectivity index (χ4v) is 3.02. The first kappa shape index (κ1) is 18.3. The molecule has 0 saturated carbocycles. The first-order valence-corrected chi connectivity index (χ1v) is 8.06. The molecule has 2 aromatic carbocycles. The van der Waals surface area contributed by atoms with E-state index in [1.165, 1.54) is 37.4 Å². The molecule has 0 spiro atoms. The van der Waals surface area contributed by atoms with Gasteiger partial charge in [0.25, 0.3) is 17.7 Å². The van der Waals surface area contributed by atoms with Crippen LogP contribution in [-0.2, 0) is 16.1 Å². The van der Waals surface area contributed by atoms with E-state index in [0.29, 0.717) is 5.56 Å². The lowest BCUT2D eigenvalue weighted by Gasteiger charge is -2.25.